The summed E-state index contributed by atoms with van der Waals surface area (Å²) in [5, 5.41) is 14.4. The molecule has 198 valence electrons. The van der Waals surface area contributed by atoms with Crippen molar-refractivity contribution in [3.8, 4) is 11.5 Å². The van der Waals surface area contributed by atoms with Crippen LogP contribution in [0.1, 0.15) is 53.1 Å². The third-order valence-electron chi connectivity index (χ3n) is 6.27. The van der Waals surface area contributed by atoms with Gasteiger partial charge in [-0.25, -0.2) is 14.7 Å². The van der Waals surface area contributed by atoms with Crippen LogP contribution in [0.4, 0.5) is 11.5 Å². The van der Waals surface area contributed by atoms with E-state index in [0.717, 1.165) is 4.90 Å². The predicted octanol–water partition coefficient (Wildman–Crippen LogP) is 5.46. The number of carbonyl (C=O) groups is 3. The molecule has 0 spiro atoms. The number of aliphatic carboxylic acids is 1. The Morgan fingerprint density at radius 1 is 0.974 bits per heavy atom. The number of carboxylic acid groups (broad SMARTS) is 1. The Hall–Kier alpha value is -4.92. The molecule has 4 aromatic rings. The van der Waals surface area contributed by atoms with Gasteiger partial charge < -0.3 is 19.9 Å². The standard InChI is InChI=1S/C30H27N3O6/c1-4-38-25-16-19(9-12-24(25)39-17(2)3)26(30(36)37)32-20-10-11-21-18(15-20)13-14-31-27(21)33-28(34)22-7-5-6-8-23(22)29(33)35/h5-17,26,32H,4H2,1-3H3,(H,36,37). The minimum absolute atomic E-state index is 0.0688. The van der Waals surface area contributed by atoms with Crippen molar-refractivity contribution in [3.05, 3.63) is 89.6 Å². The van der Waals surface area contributed by atoms with Gasteiger partial charge in [0.1, 0.15) is 0 Å². The summed E-state index contributed by atoms with van der Waals surface area (Å²) >= 11 is 0. The van der Waals surface area contributed by atoms with Crippen molar-refractivity contribution >= 4 is 40.1 Å². The van der Waals surface area contributed by atoms with Gasteiger partial charge in [0, 0.05) is 17.3 Å². The second-order valence-electron chi connectivity index (χ2n) is 9.28. The van der Waals surface area contributed by atoms with Gasteiger partial charge in [-0.05, 0) is 80.3 Å². The number of ether oxygens (including phenoxy) is 2. The molecule has 9 nitrogen and oxygen atoms in total. The van der Waals surface area contributed by atoms with Crippen molar-refractivity contribution in [3.63, 3.8) is 0 Å². The van der Waals surface area contributed by atoms with Crippen LogP contribution in [0.2, 0.25) is 0 Å². The van der Waals surface area contributed by atoms with Crippen molar-refractivity contribution in [1.82, 2.24) is 4.98 Å². The zero-order valence-electron chi connectivity index (χ0n) is 21.7. The first-order valence-electron chi connectivity index (χ1n) is 12.6. The maximum atomic E-state index is 13.0. The van der Waals surface area contributed by atoms with Crippen LogP contribution in [0.15, 0.2) is 72.9 Å². The molecule has 1 unspecified atom stereocenters. The van der Waals surface area contributed by atoms with E-state index in [0.29, 0.717) is 51.3 Å². The van der Waals surface area contributed by atoms with Gasteiger partial charge in [-0.3, -0.25) is 9.59 Å². The SMILES string of the molecule is CCOc1cc(C(Nc2ccc3c(N4C(=O)c5ccccc5C4=O)nccc3c2)C(=O)O)ccc1OC(C)C. The summed E-state index contributed by atoms with van der Waals surface area (Å²) in [5.41, 5.74) is 1.69. The van der Waals surface area contributed by atoms with E-state index in [1.54, 1.807) is 66.7 Å². The van der Waals surface area contributed by atoms with Crippen LogP contribution in [-0.4, -0.2) is 40.6 Å². The average Bonchev–Trinajstić information content (AvgIpc) is 3.17. The second-order valence-corrected chi connectivity index (χ2v) is 9.28. The monoisotopic (exact) mass is 525 g/mol. The highest BCUT2D eigenvalue weighted by Crippen LogP contribution is 2.35. The van der Waals surface area contributed by atoms with Crippen LogP contribution in [0.3, 0.4) is 0 Å². The normalized spacial score (nSPS) is 13.5. The van der Waals surface area contributed by atoms with Crippen molar-refractivity contribution in [2.45, 2.75) is 32.9 Å². The third-order valence-corrected chi connectivity index (χ3v) is 6.27. The second kappa shape index (κ2) is 10.4. The molecule has 9 heteroatoms. The Labute approximate surface area is 225 Å². The number of rotatable bonds is 9. The molecule has 0 aliphatic carbocycles. The van der Waals surface area contributed by atoms with Gasteiger partial charge in [-0.1, -0.05) is 18.2 Å². The van der Waals surface area contributed by atoms with Crippen molar-refractivity contribution in [2.75, 3.05) is 16.8 Å². The van der Waals surface area contributed by atoms with Gasteiger partial charge >= 0.3 is 5.97 Å². The first-order valence-corrected chi connectivity index (χ1v) is 12.6. The van der Waals surface area contributed by atoms with E-state index in [1.165, 1.54) is 6.20 Å². The number of benzene rings is 3. The molecule has 1 aliphatic heterocycles. The molecule has 1 aliphatic rings. The van der Waals surface area contributed by atoms with Crippen LogP contribution in [-0.2, 0) is 4.79 Å². The fraction of sp³-hybridized carbons (Fsp3) is 0.200. The van der Waals surface area contributed by atoms with Crippen LogP contribution < -0.4 is 19.7 Å². The van der Waals surface area contributed by atoms with Crippen molar-refractivity contribution in [1.29, 1.82) is 0 Å². The minimum atomic E-state index is -1.08. The van der Waals surface area contributed by atoms with Gasteiger partial charge in [0.25, 0.3) is 11.8 Å². The summed E-state index contributed by atoms with van der Waals surface area (Å²) < 4.78 is 11.5. The fourth-order valence-electron chi connectivity index (χ4n) is 4.59. The van der Waals surface area contributed by atoms with E-state index in [1.807, 2.05) is 20.8 Å². The highest BCUT2D eigenvalue weighted by Gasteiger charge is 2.37. The number of carbonyl (C=O) groups excluding carboxylic acids is 2. The lowest BCUT2D eigenvalue weighted by atomic mass is 10.0. The Kier molecular flexibility index (Phi) is 6.89. The molecule has 0 bridgehead atoms. The summed E-state index contributed by atoms with van der Waals surface area (Å²) in [6.07, 6.45) is 1.45. The van der Waals surface area contributed by atoms with E-state index < -0.39 is 23.8 Å². The number of amides is 2. The Balaban J connectivity index is 1.47. The fourth-order valence-corrected chi connectivity index (χ4v) is 4.59. The van der Waals surface area contributed by atoms with Crippen LogP contribution in [0.25, 0.3) is 10.8 Å². The van der Waals surface area contributed by atoms with Gasteiger partial charge in [0.15, 0.2) is 23.4 Å². The number of nitrogens with zero attached hydrogens (tertiary/aromatic N) is 2. The molecule has 2 N–H and O–H groups in total. The number of pyridine rings is 1. The van der Waals surface area contributed by atoms with Gasteiger partial charge in [-0.15, -0.1) is 0 Å². The number of hydrogen-bond donors (Lipinski definition) is 2. The predicted molar refractivity (Wildman–Crippen MR) is 147 cm³/mol. The first-order chi connectivity index (χ1) is 18.8. The van der Waals surface area contributed by atoms with E-state index in [4.69, 9.17) is 9.47 Å². The Bertz CT molecular complexity index is 1560. The molecule has 2 amide bonds. The number of imide groups is 1. The zero-order chi connectivity index (χ0) is 27.7. The lowest BCUT2D eigenvalue weighted by Gasteiger charge is -2.20. The first kappa shape index (κ1) is 25.7. The van der Waals surface area contributed by atoms with E-state index >= 15 is 0 Å². The molecule has 39 heavy (non-hydrogen) atoms. The summed E-state index contributed by atoms with van der Waals surface area (Å²) in [6.45, 7) is 6.05. The summed E-state index contributed by atoms with van der Waals surface area (Å²) in [6, 6.07) is 17.6. The zero-order valence-corrected chi connectivity index (χ0v) is 21.7. The van der Waals surface area contributed by atoms with E-state index in [2.05, 4.69) is 10.3 Å². The van der Waals surface area contributed by atoms with Crippen molar-refractivity contribution in [2.24, 2.45) is 0 Å². The molecule has 2 heterocycles. The quantitative estimate of drug-likeness (QED) is 0.277. The number of nitrogens with one attached hydrogen (secondary N) is 1. The molecule has 3 aromatic carbocycles. The number of carboxylic acids is 1. The maximum absolute atomic E-state index is 13.0. The summed E-state index contributed by atoms with van der Waals surface area (Å²) in [4.78, 5) is 43.7. The largest absolute Gasteiger partial charge is 0.490 e. The lowest BCUT2D eigenvalue weighted by molar-refractivity contribution is -0.138. The molecule has 0 fully saturated rings. The highest BCUT2D eigenvalue weighted by molar-refractivity contribution is 6.35. The molecule has 1 aromatic heterocycles. The van der Waals surface area contributed by atoms with Crippen molar-refractivity contribution < 1.29 is 29.0 Å². The van der Waals surface area contributed by atoms with E-state index in [-0.39, 0.29) is 11.9 Å². The smallest absolute Gasteiger partial charge is 0.330 e. The minimum Gasteiger partial charge on any atom is -0.490 e. The van der Waals surface area contributed by atoms with Gasteiger partial charge in [-0.2, -0.15) is 0 Å². The Morgan fingerprint density at radius 3 is 2.33 bits per heavy atom. The van der Waals surface area contributed by atoms with Crippen LogP contribution in [0.5, 0.6) is 11.5 Å². The molecular weight excluding hydrogens is 498 g/mol. The van der Waals surface area contributed by atoms with Crippen LogP contribution >= 0.6 is 0 Å². The van der Waals surface area contributed by atoms with Gasteiger partial charge in [0.2, 0.25) is 0 Å². The lowest BCUT2D eigenvalue weighted by Crippen LogP contribution is -2.30. The Morgan fingerprint density at radius 2 is 1.69 bits per heavy atom. The number of aromatic nitrogens is 1. The summed E-state index contributed by atoms with van der Waals surface area (Å²) in [7, 11) is 0. The molecule has 5 rings (SSSR count). The van der Waals surface area contributed by atoms with E-state index in [9.17, 15) is 19.5 Å². The van der Waals surface area contributed by atoms with Gasteiger partial charge in [0.05, 0.1) is 23.8 Å². The molecule has 1 atom stereocenters. The van der Waals surface area contributed by atoms with Crippen LogP contribution in [0, 0.1) is 0 Å². The number of fused-ring (bicyclic) bond motifs is 2. The molecule has 0 saturated carbocycles. The molecular formula is C30H27N3O6. The molecule has 0 radical (unpaired) electrons. The highest BCUT2D eigenvalue weighted by atomic mass is 16.5. The number of hydrogen-bond acceptors (Lipinski definition) is 7. The average molecular weight is 526 g/mol. The maximum Gasteiger partial charge on any atom is 0.330 e. The topological polar surface area (TPSA) is 118 Å². The third kappa shape index (κ3) is 4.86. The number of anilines is 2. The molecule has 0 saturated heterocycles. The summed E-state index contributed by atoms with van der Waals surface area (Å²) in [5.74, 6) is -0.707.